The van der Waals surface area contributed by atoms with Crippen molar-refractivity contribution in [2.24, 2.45) is 0 Å². The van der Waals surface area contributed by atoms with Gasteiger partial charge in [-0.15, -0.1) is 0 Å². The molecular weight excluding hydrogens is 539 g/mol. The van der Waals surface area contributed by atoms with Crippen LogP contribution >= 0.6 is 11.3 Å². The first-order valence-corrected chi connectivity index (χ1v) is 15.5. The third-order valence-electron chi connectivity index (χ3n) is 7.57. The molecule has 1 aromatic heterocycles. The number of carbonyl (C=O) groups excluding carboxylic acids is 1. The van der Waals surface area contributed by atoms with Crippen LogP contribution in [0.1, 0.15) is 38.2 Å². The minimum atomic E-state index is -3.70. The normalized spacial score (nSPS) is 13.8. The predicted octanol–water partition coefficient (Wildman–Crippen LogP) is 6.51. The fourth-order valence-corrected chi connectivity index (χ4v) is 7.51. The molecule has 6 rings (SSSR count). The second-order valence-electron chi connectivity index (χ2n) is 10.1. The predicted molar refractivity (Wildman–Crippen MR) is 160 cm³/mol. The Kier molecular flexibility index (Phi) is 7.00. The first-order valence-electron chi connectivity index (χ1n) is 13.2. The van der Waals surface area contributed by atoms with Crippen molar-refractivity contribution in [3.8, 4) is 0 Å². The largest absolute Gasteiger partial charge is 0.279 e. The monoisotopic (exact) mass is 567 g/mol. The van der Waals surface area contributed by atoms with Crippen LogP contribution in [0, 0.1) is 13.8 Å². The number of fused-ring (bicyclic) bond motifs is 2. The van der Waals surface area contributed by atoms with Gasteiger partial charge in [0, 0.05) is 18.7 Å². The van der Waals surface area contributed by atoms with Crippen molar-refractivity contribution in [2.45, 2.75) is 38.3 Å². The maximum Gasteiger partial charge on any atom is 0.260 e. The van der Waals surface area contributed by atoms with Crippen molar-refractivity contribution in [3.05, 3.63) is 124 Å². The summed E-state index contributed by atoms with van der Waals surface area (Å²) in [5.41, 5.74) is 6.76. The van der Waals surface area contributed by atoms with E-state index in [0.29, 0.717) is 36.8 Å². The van der Waals surface area contributed by atoms with E-state index >= 15 is 0 Å². The molecule has 6 nitrogen and oxygen atoms in total. The molecule has 0 radical (unpaired) electrons. The molecule has 0 saturated carbocycles. The molecule has 2 heterocycles. The molecule has 4 aromatic carbocycles. The van der Waals surface area contributed by atoms with Crippen molar-refractivity contribution in [1.29, 1.82) is 0 Å². The summed E-state index contributed by atoms with van der Waals surface area (Å²) in [6.07, 6.45) is 0.682. The number of benzene rings is 4. The van der Waals surface area contributed by atoms with Gasteiger partial charge in [-0.25, -0.2) is 13.4 Å². The average Bonchev–Trinajstić information content (AvgIpc) is 3.43. The van der Waals surface area contributed by atoms with Crippen molar-refractivity contribution in [2.75, 3.05) is 11.4 Å². The van der Waals surface area contributed by atoms with E-state index in [9.17, 15) is 13.2 Å². The molecule has 0 atom stereocenters. The number of aryl methyl sites for hydroxylation is 2. The molecule has 5 aromatic rings. The van der Waals surface area contributed by atoms with E-state index in [2.05, 4.69) is 19.1 Å². The molecule has 1 amide bonds. The number of rotatable bonds is 6. The number of carbonyl (C=O) groups is 1. The number of aromatic nitrogens is 1. The maximum absolute atomic E-state index is 13.9. The highest BCUT2D eigenvalue weighted by Crippen LogP contribution is 2.34. The van der Waals surface area contributed by atoms with E-state index in [1.165, 1.54) is 33.3 Å². The zero-order valence-corrected chi connectivity index (χ0v) is 24.0. The van der Waals surface area contributed by atoms with Gasteiger partial charge in [-0.3, -0.25) is 9.69 Å². The van der Waals surface area contributed by atoms with E-state index in [0.717, 1.165) is 32.5 Å². The molecule has 0 bridgehead atoms. The number of thiazole rings is 1. The molecule has 0 saturated heterocycles. The van der Waals surface area contributed by atoms with Gasteiger partial charge in [-0.2, -0.15) is 4.31 Å². The van der Waals surface area contributed by atoms with Gasteiger partial charge in [0.05, 0.1) is 21.7 Å². The summed E-state index contributed by atoms with van der Waals surface area (Å²) in [5.74, 6) is -0.229. The van der Waals surface area contributed by atoms with Gasteiger partial charge in [0.25, 0.3) is 5.91 Å². The van der Waals surface area contributed by atoms with Crippen LogP contribution in [0.25, 0.3) is 10.2 Å². The molecule has 0 unspecified atom stereocenters. The van der Waals surface area contributed by atoms with Gasteiger partial charge < -0.3 is 0 Å². The van der Waals surface area contributed by atoms with Gasteiger partial charge in [-0.1, -0.05) is 72.0 Å². The molecule has 202 valence electrons. The summed E-state index contributed by atoms with van der Waals surface area (Å²) in [4.78, 5) is 20.6. The van der Waals surface area contributed by atoms with Gasteiger partial charge in [-0.05, 0) is 78.4 Å². The molecule has 40 heavy (non-hydrogen) atoms. The number of nitrogens with zero attached hydrogens (tertiary/aromatic N) is 3. The third kappa shape index (κ3) is 4.94. The lowest BCUT2D eigenvalue weighted by molar-refractivity contribution is 0.0985. The van der Waals surface area contributed by atoms with Crippen LogP contribution in [-0.4, -0.2) is 30.2 Å². The Morgan fingerprint density at radius 1 is 0.900 bits per heavy atom. The van der Waals surface area contributed by atoms with Crippen molar-refractivity contribution in [3.63, 3.8) is 0 Å². The topological polar surface area (TPSA) is 70.6 Å². The minimum Gasteiger partial charge on any atom is -0.279 e. The highest BCUT2D eigenvalue weighted by atomic mass is 32.2. The van der Waals surface area contributed by atoms with Crippen LogP contribution in [0.3, 0.4) is 0 Å². The molecule has 0 fully saturated rings. The Morgan fingerprint density at radius 2 is 1.60 bits per heavy atom. The lowest BCUT2D eigenvalue weighted by Gasteiger charge is -2.28. The van der Waals surface area contributed by atoms with E-state index < -0.39 is 10.0 Å². The van der Waals surface area contributed by atoms with Gasteiger partial charge in [0.15, 0.2) is 5.13 Å². The lowest BCUT2D eigenvalue weighted by atomic mass is 10.0. The summed E-state index contributed by atoms with van der Waals surface area (Å²) in [7, 11) is -3.70. The number of hydrogen-bond acceptors (Lipinski definition) is 5. The Morgan fingerprint density at radius 3 is 2.35 bits per heavy atom. The van der Waals surface area contributed by atoms with E-state index in [-0.39, 0.29) is 10.8 Å². The smallest absolute Gasteiger partial charge is 0.260 e. The van der Waals surface area contributed by atoms with Crippen molar-refractivity contribution < 1.29 is 13.2 Å². The third-order valence-corrected chi connectivity index (χ3v) is 10.5. The van der Waals surface area contributed by atoms with Crippen LogP contribution in [0.2, 0.25) is 0 Å². The molecule has 8 heteroatoms. The average molecular weight is 568 g/mol. The van der Waals surface area contributed by atoms with Crippen molar-refractivity contribution >= 4 is 42.6 Å². The SMILES string of the molecule is Cc1ccc2sc(N(Cc3ccccc3)C(=O)c3ccc(S(=O)(=O)N4CCc5ccccc5C4)cc3)nc2c1C. The number of amides is 1. The Balaban J connectivity index is 1.30. The van der Waals surface area contributed by atoms with E-state index in [1.807, 2.05) is 61.5 Å². The summed E-state index contributed by atoms with van der Waals surface area (Å²) >= 11 is 1.48. The highest BCUT2D eigenvalue weighted by molar-refractivity contribution is 7.89. The Bertz CT molecular complexity index is 1810. The van der Waals surface area contributed by atoms with Gasteiger partial charge >= 0.3 is 0 Å². The van der Waals surface area contributed by atoms with E-state index in [1.54, 1.807) is 17.0 Å². The zero-order valence-electron chi connectivity index (χ0n) is 22.4. The molecular formula is C32H29N3O3S2. The minimum absolute atomic E-state index is 0.184. The summed E-state index contributed by atoms with van der Waals surface area (Å²) in [5, 5.41) is 0.612. The summed E-state index contributed by atoms with van der Waals surface area (Å²) in [6.45, 7) is 5.23. The molecule has 1 aliphatic rings. The highest BCUT2D eigenvalue weighted by Gasteiger charge is 2.29. The molecule has 1 aliphatic heterocycles. The second-order valence-corrected chi connectivity index (χ2v) is 13.1. The molecule has 0 aliphatic carbocycles. The maximum atomic E-state index is 13.9. The Hall–Kier alpha value is -3.85. The number of hydrogen-bond donors (Lipinski definition) is 0. The standard InChI is InChI=1S/C32H29N3O3S2/c1-22-12-17-29-30(23(22)2)33-32(39-29)35(20-24-8-4-3-5-9-24)31(36)26-13-15-28(16-14-26)40(37,38)34-19-18-25-10-6-7-11-27(25)21-34/h3-17H,18-21H2,1-2H3. The zero-order chi connectivity index (χ0) is 27.9. The van der Waals surface area contributed by atoms with Crippen molar-refractivity contribution in [1.82, 2.24) is 9.29 Å². The molecule has 0 spiro atoms. The first-order chi connectivity index (χ1) is 19.3. The van der Waals surface area contributed by atoms with Crippen LogP contribution in [0.15, 0.2) is 95.9 Å². The number of sulfonamides is 1. The van der Waals surface area contributed by atoms with Gasteiger partial charge in [0.2, 0.25) is 10.0 Å². The van der Waals surface area contributed by atoms with Crippen LogP contribution in [-0.2, 0) is 29.5 Å². The van der Waals surface area contributed by atoms with E-state index in [4.69, 9.17) is 4.98 Å². The summed E-state index contributed by atoms with van der Waals surface area (Å²) in [6, 6.07) is 28.1. The lowest BCUT2D eigenvalue weighted by Crippen LogP contribution is -2.36. The van der Waals surface area contributed by atoms with Crippen LogP contribution < -0.4 is 4.90 Å². The molecule has 0 N–H and O–H groups in total. The second kappa shape index (κ2) is 10.6. The van der Waals surface area contributed by atoms with Crippen LogP contribution in [0.4, 0.5) is 5.13 Å². The number of anilines is 1. The van der Waals surface area contributed by atoms with Crippen LogP contribution in [0.5, 0.6) is 0 Å². The fourth-order valence-electron chi connectivity index (χ4n) is 5.07. The first kappa shape index (κ1) is 26.4. The quantitative estimate of drug-likeness (QED) is 0.235. The Labute approximate surface area is 238 Å². The van der Waals surface area contributed by atoms with Gasteiger partial charge in [0.1, 0.15) is 0 Å². The fraction of sp³-hybridized carbons (Fsp3) is 0.188. The summed E-state index contributed by atoms with van der Waals surface area (Å²) < 4.78 is 29.4.